The molecule has 0 aliphatic carbocycles. The average Bonchev–Trinajstić information content (AvgIpc) is 3.14. The monoisotopic (exact) mass is 402 g/mol. The second kappa shape index (κ2) is 7.67. The Hall–Kier alpha value is -2.42. The van der Waals surface area contributed by atoms with Gasteiger partial charge in [0.1, 0.15) is 5.82 Å². The number of hydrogen-bond acceptors (Lipinski definition) is 4. The van der Waals surface area contributed by atoms with Crippen molar-refractivity contribution in [1.82, 2.24) is 15.3 Å². The van der Waals surface area contributed by atoms with Gasteiger partial charge in [-0.3, -0.25) is 4.79 Å². The zero-order chi connectivity index (χ0) is 19.6. The maximum atomic E-state index is 13.2. The Kier molecular flexibility index (Phi) is 5.50. The Labute approximate surface area is 157 Å². The van der Waals surface area contributed by atoms with Gasteiger partial charge >= 0.3 is 6.18 Å². The van der Waals surface area contributed by atoms with Gasteiger partial charge in [0.15, 0.2) is 5.69 Å². The topological polar surface area (TPSA) is 58.1 Å². The van der Waals surface area contributed by atoms with Crippen LogP contribution in [-0.2, 0) is 12.7 Å². The summed E-state index contributed by atoms with van der Waals surface area (Å²) in [6.45, 7) is 1.06. The standard InChI is InChI=1S/C17H15ClF4N4O/c18-13-9-24-16(26-5-1-2-6-26)25-14(13)15(27)23-8-10-3-4-11(19)7-12(10)17(20,21)22/h3-4,7,9H,1-2,5-6,8H2,(H,23,27). The number of hydrogen-bond donors (Lipinski definition) is 1. The number of aromatic nitrogens is 2. The van der Waals surface area contributed by atoms with Crippen LogP contribution < -0.4 is 10.2 Å². The Morgan fingerprint density at radius 3 is 2.63 bits per heavy atom. The number of rotatable bonds is 4. The third-order valence-electron chi connectivity index (χ3n) is 4.15. The molecule has 27 heavy (non-hydrogen) atoms. The summed E-state index contributed by atoms with van der Waals surface area (Å²) in [6.07, 6.45) is -1.48. The van der Waals surface area contributed by atoms with Crippen molar-refractivity contribution in [2.45, 2.75) is 25.6 Å². The molecule has 0 bridgehead atoms. The first kappa shape index (κ1) is 19.3. The molecule has 0 saturated carbocycles. The maximum absolute atomic E-state index is 13.2. The summed E-state index contributed by atoms with van der Waals surface area (Å²) in [5, 5.41) is 2.34. The van der Waals surface area contributed by atoms with Gasteiger partial charge in [0.25, 0.3) is 5.91 Å². The number of nitrogens with zero attached hydrogens (tertiary/aromatic N) is 3. The molecule has 0 spiro atoms. The van der Waals surface area contributed by atoms with E-state index in [0.29, 0.717) is 12.0 Å². The molecule has 5 nitrogen and oxygen atoms in total. The molecule has 1 aliphatic rings. The Balaban J connectivity index is 1.78. The lowest BCUT2D eigenvalue weighted by Gasteiger charge is -2.16. The molecule has 1 amide bonds. The van der Waals surface area contributed by atoms with Crippen molar-refractivity contribution in [2.75, 3.05) is 18.0 Å². The van der Waals surface area contributed by atoms with E-state index in [1.165, 1.54) is 6.20 Å². The van der Waals surface area contributed by atoms with E-state index in [4.69, 9.17) is 11.6 Å². The van der Waals surface area contributed by atoms with Gasteiger partial charge < -0.3 is 10.2 Å². The van der Waals surface area contributed by atoms with E-state index in [0.717, 1.165) is 38.1 Å². The molecule has 144 valence electrons. The van der Waals surface area contributed by atoms with Crippen molar-refractivity contribution in [3.8, 4) is 0 Å². The van der Waals surface area contributed by atoms with Crippen LogP contribution in [0.3, 0.4) is 0 Å². The van der Waals surface area contributed by atoms with E-state index in [1.807, 2.05) is 4.90 Å². The summed E-state index contributed by atoms with van der Waals surface area (Å²) in [7, 11) is 0. The van der Waals surface area contributed by atoms with E-state index < -0.39 is 30.0 Å². The molecule has 0 atom stereocenters. The van der Waals surface area contributed by atoms with Gasteiger partial charge in [0, 0.05) is 19.6 Å². The van der Waals surface area contributed by atoms with Gasteiger partial charge in [-0.1, -0.05) is 17.7 Å². The highest BCUT2D eigenvalue weighted by Gasteiger charge is 2.33. The van der Waals surface area contributed by atoms with Crippen molar-refractivity contribution in [3.63, 3.8) is 0 Å². The quantitative estimate of drug-likeness (QED) is 0.790. The van der Waals surface area contributed by atoms with E-state index in [1.54, 1.807) is 0 Å². The number of halogens is 5. The smallest absolute Gasteiger partial charge is 0.347 e. The van der Waals surface area contributed by atoms with Crippen molar-refractivity contribution >= 4 is 23.5 Å². The number of alkyl halides is 3. The molecule has 2 heterocycles. The molecule has 1 aromatic heterocycles. The fraction of sp³-hybridized carbons (Fsp3) is 0.353. The fourth-order valence-electron chi connectivity index (χ4n) is 2.81. The maximum Gasteiger partial charge on any atom is 0.416 e. The highest BCUT2D eigenvalue weighted by molar-refractivity contribution is 6.33. The predicted octanol–water partition coefficient (Wildman–Crippen LogP) is 3.82. The molecule has 10 heteroatoms. The van der Waals surface area contributed by atoms with Crippen LogP contribution in [0.1, 0.15) is 34.5 Å². The van der Waals surface area contributed by atoms with Crippen LogP contribution in [0.5, 0.6) is 0 Å². The van der Waals surface area contributed by atoms with Gasteiger partial charge in [-0.2, -0.15) is 13.2 Å². The number of carbonyl (C=O) groups is 1. The van der Waals surface area contributed by atoms with E-state index in [-0.39, 0.29) is 16.3 Å². The van der Waals surface area contributed by atoms with Crippen molar-refractivity contribution in [2.24, 2.45) is 0 Å². The average molecular weight is 403 g/mol. The summed E-state index contributed by atoms with van der Waals surface area (Å²) in [4.78, 5) is 22.5. The summed E-state index contributed by atoms with van der Waals surface area (Å²) in [6, 6.07) is 2.28. The van der Waals surface area contributed by atoms with Gasteiger partial charge in [0.2, 0.25) is 5.95 Å². The third kappa shape index (κ3) is 4.47. The van der Waals surface area contributed by atoms with Crippen LogP contribution in [0.15, 0.2) is 24.4 Å². The van der Waals surface area contributed by atoms with Crippen LogP contribution in [0, 0.1) is 5.82 Å². The van der Waals surface area contributed by atoms with Crippen LogP contribution in [0.25, 0.3) is 0 Å². The Bertz CT molecular complexity index is 853. The number of anilines is 1. The molecule has 1 N–H and O–H groups in total. The molecule has 1 aromatic carbocycles. The van der Waals surface area contributed by atoms with Crippen LogP contribution in [0.2, 0.25) is 5.02 Å². The van der Waals surface area contributed by atoms with Gasteiger partial charge in [-0.05, 0) is 30.5 Å². The van der Waals surface area contributed by atoms with Gasteiger partial charge in [-0.15, -0.1) is 0 Å². The molecular formula is C17H15ClF4N4O. The van der Waals surface area contributed by atoms with Gasteiger partial charge in [-0.25, -0.2) is 14.4 Å². The summed E-state index contributed by atoms with van der Waals surface area (Å²) < 4.78 is 52.3. The number of carbonyl (C=O) groups excluding carboxylic acids is 1. The predicted molar refractivity (Wildman–Crippen MR) is 91.1 cm³/mol. The Morgan fingerprint density at radius 2 is 1.96 bits per heavy atom. The van der Waals surface area contributed by atoms with Crippen molar-refractivity contribution < 1.29 is 22.4 Å². The summed E-state index contributed by atoms with van der Waals surface area (Å²) in [5.41, 5.74) is -1.53. The minimum atomic E-state index is -4.74. The second-order valence-corrected chi connectivity index (χ2v) is 6.45. The number of nitrogens with one attached hydrogen (secondary N) is 1. The zero-order valence-corrected chi connectivity index (χ0v) is 14.7. The highest BCUT2D eigenvalue weighted by Crippen LogP contribution is 2.32. The first-order chi connectivity index (χ1) is 12.8. The second-order valence-electron chi connectivity index (χ2n) is 6.04. The van der Waals surface area contributed by atoms with Crippen LogP contribution in [-0.4, -0.2) is 29.0 Å². The lowest BCUT2D eigenvalue weighted by Crippen LogP contribution is -2.27. The molecule has 0 unspecified atom stereocenters. The first-order valence-corrected chi connectivity index (χ1v) is 8.55. The number of amides is 1. The van der Waals surface area contributed by atoms with E-state index >= 15 is 0 Å². The molecule has 1 saturated heterocycles. The first-order valence-electron chi connectivity index (χ1n) is 8.17. The minimum absolute atomic E-state index is 0.00871. The zero-order valence-electron chi connectivity index (χ0n) is 14.0. The molecule has 1 fully saturated rings. The largest absolute Gasteiger partial charge is 0.416 e. The molecule has 0 radical (unpaired) electrons. The third-order valence-corrected chi connectivity index (χ3v) is 4.43. The molecule has 1 aliphatic heterocycles. The lowest BCUT2D eigenvalue weighted by molar-refractivity contribution is -0.138. The van der Waals surface area contributed by atoms with Crippen LogP contribution in [0.4, 0.5) is 23.5 Å². The van der Waals surface area contributed by atoms with E-state index in [2.05, 4.69) is 15.3 Å². The lowest BCUT2D eigenvalue weighted by atomic mass is 10.1. The van der Waals surface area contributed by atoms with E-state index in [9.17, 15) is 22.4 Å². The van der Waals surface area contributed by atoms with Crippen molar-refractivity contribution in [3.05, 3.63) is 52.1 Å². The molecule has 2 aromatic rings. The summed E-state index contributed by atoms with van der Waals surface area (Å²) in [5.74, 6) is -1.40. The molecular weight excluding hydrogens is 388 g/mol. The Morgan fingerprint density at radius 1 is 1.26 bits per heavy atom. The minimum Gasteiger partial charge on any atom is -0.347 e. The van der Waals surface area contributed by atoms with Crippen molar-refractivity contribution in [1.29, 1.82) is 0 Å². The van der Waals surface area contributed by atoms with Crippen LogP contribution >= 0.6 is 11.6 Å². The van der Waals surface area contributed by atoms with Gasteiger partial charge in [0.05, 0.1) is 16.8 Å². The SMILES string of the molecule is O=C(NCc1ccc(F)cc1C(F)(F)F)c1nc(N2CCCC2)ncc1Cl. The summed E-state index contributed by atoms with van der Waals surface area (Å²) >= 11 is 5.97. The highest BCUT2D eigenvalue weighted by atomic mass is 35.5. The number of benzene rings is 1. The molecule has 3 rings (SSSR count). The normalized spacial score (nSPS) is 14.5. The fourth-order valence-corrected chi connectivity index (χ4v) is 2.99.